The minimum Gasteiger partial charge on any atom is -0.510 e. The molecule has 0 atom stereocenters. The summed E-state index contributed by atoms with van der Waals surface area (Å²) in [4.78, 5) is 4.82. The molecule has 56 heavy (non-hydrogen) atoms. The molecule has 3 heterocycles. The third-order valence-electron chi connectivity index (χ3n) is 10.4. The second-order valence-corrected chi connectivity index (χ2v) is 15.0. The van der Waals surface area contributed by atoms with Crippen molar-refractivity contribution in [3.63, 3.8) is 0 Å². The summed E-state index contributed by atoms with van der Waals surface area (Å²) < 4.78 is 12.9. The molecule has 0 unspecified atom stereocenters. The normalized spacial score (nSPS) is 11.5. The molecule has 0 saturated carbocycles. The fourth-order valence-corrected chi connectivity index (χ4v) is 7.32. The standard InChI is InChI=1S/C50H40N4O.Pt/c1-34-35(2)53(42-28-38(36-15-8-6-9-16-36)27-39(29-42)37-17-10-7-11-18-37)33-52(34)41-19-14-20-43(31-41)55-44-23-24-46-45-21-12-13-22-47(45)54(48(46)32-44)49-30-40(25-26-51-49)50(3,4)5;/h6-30H,1-5H3;/q-2;. The van der Waals surface area contributed by atoms with Crippen LogP contribution in [0, 0.1) is 32.3 Å². The zero-order chi connectivity index (χ0) is 37.7. The summed E-state index contributed by atoms with van der Waals surface area (Å²) >= 11 is 0. The molecular weight excluding hydrogens is 868 g/mol. The molecule has 6 heteroatoms. The molecule has 0 bridgehead atoms. The van der Waals surface area contributed by atoms with Gasteiger partial charge >= 0.3 is 0 Å². The predicted octanol–water partition coefficient (Wildman–Crippen LogP) is 11.7. The van der Waals surface area contributed by atoms with E-state index in [1.165, 1.54) is 16.7 Å². The third kappa shape index (κ3) is 6.89. The Kier molecular flexibility index (Phi) is 9.82. The Morgan fingerprint density at radius 2 is 1.29 bits per heavy atom. The Bertz CT molecular complexity index is 2790. The van der Waals surface area contributed by atoms with E-state index >= 15 is 0 Å². The summed E-state index contributed by atoms with van der Waals surface area (Å²) in [6, 6.07) is 57.6. The van der Waals surface area contributed by atoms with Crippen LogP contribution in [-0.2, 0) is 26.5 Å². The van der Waals surface area contributed by atoms with Gasteiger partial charge in [0.15, 0.2) is 0 Å². The molecule has 0 aliphatic heterocycles. The Morgan fingerprint density at radius 1 is 0.625 bits per heavy atom. The van der Waals surface area contributed by atoms with Gasteiger partial charge in [-0.25, -0.2) is 4.98 Å². The molecule has 0 saturated heterocycles. The van der Waals surface area contributed by atoms with E-state index in [1.54, 1.807) is 0 Å². The summed E-state index contributed by atoms with van der Waals surface area (Å²) in [6.07, 6.45) is 5.53. The Morgan fingerprint density at radius 3 is 1.98 bits per heavy atom. The van der Waals surface area contributed by atoms with Crippen molar-refractivity contribution >= 4 is 21.8 Å². The van der Waals surface area contributed by atoms with E-state index < -0.39 is 0 Å². The number of hydrogen-bond acceptors (Lipinski definition) is 2. The SMILES string of the molecule is Cc1c(C)[n+](-c2cc(-c3ccccc3)cc(-c3ccccc3)c2)[c-]n1-c1[c-]c(Oc2[c-]c3c(cc2)c2ccccc2n3-c2cc(C(C)(C)C)ccn2)ccc1.[Pt]. The first-order valence-corrected chi connectivity index (χ1v) is 18.6. The number of nitrogens with zero attached hydrogens (tertiary/aromatic N) is 4. The molecule has 0 aliphatic rings. The Balaban J connectivity index is 0.00000441. The number of rotatable bonds is 7. The first kappa shape index (κ1) is 36.9. The van der Waals surface area contributed by atoms with Crippen LogP contribution in [-0.4, -0.2) is 14.1 Å². The molecule has 0 radical (unpaired) electrons. The van der Waals surface area contributed by atoms with E-state index in [4.69, 9.17) is 9.72 Å². The first-order valence-electron chi connectivity index (χ1n) is 18.6. The van der Waals surface area contributed by atoms with Crippen molar-refractivity contribution in [1.82, 2.24) is 14.1 Å². The van der Waals surface area contributed by atoms with E-state index in [0.29, 0.717) is 11.5 Å². The smallest absolute Gasteiger partial charge is 0.267 e. The predicted molar refractivity (Wildman–Crippen MR) is 222 cm³/mol. The van der Waals surface area contributed by atoms with Gasteiger partial charge in [0.25, 0.3) is 6.33 Å². The van der Waals surface area contributed by atoms with E-state index in [1.807, 2.05) is 30.5 Å². The van der Waals surface area contributed by atoms with Crippen LogP contribution in [0.1, 0.15) is 37.7 Å². The Hall–Kier alpha value is -6.03. The quantitative estimate of drug-likeness (QED) is 0.118. The Labute approximate surface area is 342 Å². The second kappa shape index (κ2) is 14.9. The van der Waals surface area contributed by atoms with Gasteiger partial charge in [0.05, 0.1) is 11.4 Å². The molecule has 0 N–H and O–H groups in total. The maximum Gasteiger partial charge on any atom is 0.267 e. The minimum absolute atomic E-state index is 0. The number of imidazole rings is 1. The molecule has 3 aromatic heterocycles. The molecule has 6 aromatic carbocycles. The van der Waals surface area contributed by atoms with Crippen LogP contribution in [0.5, 0.6) is 11.5 Å². The minimum atomic E-state index is -0.0140. The molecule has 0 fully saturated rings. The zero-order valence-corrected chi connectivity index (χ0v) is 34.2. The molecule has 9 rings (SSSR count). The second-order valence-electron chi connectivity index (χ2n) is 15.0. The first-order chi connectivity index (χ1) is 26.7. The van der Waals surface area contributed by atoms with Gasteiger partial charge in [-0.2, -0.15) is 18.2 Å². The molecule has 278 valence electrons. The average Bonchev–Trinajstić information content (AvgIpc) is 3.71. The molecular formula is C50H40N4OPt-2. The van der Waals surface area contributed by atoms with Gasteiger partial charge < -0.3 is 13.9 Å². The van der Waals surface area contributed by atoms with Gasteiger partial charge in [-0.15, -0.1) is 29.7 Å². The summed E-state index contributed by atoms with van der Waals surface area (Å²) in [5.41, 5.74) is 11.8. The number of ether oxygens (including phenoxy) is 1. The molecule has 0 aliphatic carbocycles. The van der Waals surface area contributed by atoms with E-state index in [2.05, 4.69) is 188 Å². The van der Waals surface area contributed by atoms with Crippen molar-refractivity contribution in [2.24, 2.45) is 0 Å². The van der Waals surface area contributed by atoms with Crippen molar-refractivity contribution < 1.29 is 30.4 Å². The fraction of sp³-hybridized carbons (Fsp3) is 0.120. The van der Waals surface area contributed by atoms with Crippen LogP contribution in [0.3, 0.4) is 0 Å². The monoisotopic (exact) mass is 907 g/mol. The molecule has 0 amide bonds. The zero-order valence-electron chi connectivity index (χ0n) is 31.9. The van der Waals surface area contributed by atoms with Crippen molar-refractivity contribution in [1.29, 1.82) is 0 Å². The number of aromatic nitrogens is 4. The van der Waals surface area contributed by atoms with Gasteiger partial charge in [-0.3, -0.25) is 4.57 Å². The number of para-hydroxylation sites is 1. The molecule has 0 spiro atoms. The topological polar surface area (TPSA) is 35.9 Å². The van der Waals surface area contributed by atoms with Crippen LogP contribution in [0.25, 0.3) is 61.3 Å². The third-order valence-corrected chi connectivity index (χ3v) is 10.4. The van der Waals surface area contributed by atoms with Crippen molar-refractivity contribution in [2.75, 3.05) is 0 Å². The average molecular weight is 908 g/mol. The maximum absolute atomic E-state index is 6.53. The number of pyridine rings is 1. The number of hydrogen-bond donors (Lipinski definition) is 0. The van der Waals surface area contributed by atoms with E-state index in [-0.39, 0.29) is 26.5 Å². The number of benzene rings is 6. The fourth-order valence-electron chi connectivity index (χ4n) is 7.32. The van der Waals surface area contributed by atoms with Crippen LogP contribution < -0.4 is 9.30 Å². The summed E-state index contributed by atoms with van der Waals surface area (Å²) in [6.45, 7) is 10.9. The molecule has 5 nitrogen and oxygen atoms in total. The van der Waals surface area contributed by atoms with Crippen LogP contribution in [0.2, 0.25) is 0 Å². The summed E-state index contributed by atoms with van der Waals surface area (Å²) in [7, 11) is 0. The van der Waals surface area contributed by atoms with Crippen molar-refractivity contribution in [2.45, 2.75) is 40.0 Å². The largest absolute Gasteiger partial charge is 0.510 e. The molecule has 9 aromatic rings. The number of fused-ring (bicyclic) bond motifs is 3. The van der Waals surface area contributed by atoms with E-state index in [0.717, 1.165) is 61.5 Å². The summed E-state index contributed by atoms with van der Waals surface area (Å²) in [5, 5.41) is 2.23. The van der Waals surface area contributed by atoms with Gasteiger partial charge in [-0.05, 0) is 94.6 Å². The van der Waals surface area contributed by atoms with Crippen LogP contribution in [0.15, 0.2) is 152 Å². The summed E-state index contributed by atoms with van der Waals surface area (Å²) in [5.74, 6) is 2.04. The van der Waals surface area contributed by atoms with Crippen molar-refractivity contribution in [3.05, 3.63) is 187 Å². The van der Waals surface area contributed by atoms with Crippen molar-refractivity contribution in [3.8, 4) is 50.9 Å². The van der Waals surface area contributed by atoms with Crippen LogP contribution in [0.4, 0.5) is 0 Å². The van der Waals surface area contributed by atoms with Gasteiger partial charge in [0.1, 0.15) is 5.82 Å². The van der Waals surface area contributed by atoms with Gasteiger partial charge in [0, 0.05) is 50.0 Å². The van der Waals surface area contributed by atoms with Gasteiger partial charge in [0.2, 0.25) is 0 Å². The van der Waals surface area contributed by atoms with Gasteiger partial charge in [-0.1, -0.05) is 105 Å². The van der Waals surface area contributed by atoms with E-state index in [9.17, 15) is 0 Å². The van der Waals surface area contributed by atoms with Crippen LogP contribution >= 0.6 is 0 Å². The maximum atomic E-state index is 6.53.